The number of aromatic nitrogens is 3. The first-order valence-electron chi connectivity index (χ1n) is 7.23. The molecule has 1 aliphatic rings. The first-order chi connectivity index (χ1) is 9.58. The van der Waals surface area contributed by atoms with Crippen molar-refractivity contribution in [2.45, 2.75) is 44.7 Å². The van der Waals surface area contributed by atoms with Crippen LogP contribution in [0.5, 0.6) is 0 Å². The van der Waals surface area contributed by atoms with Crippen LogP contribution in [0.2, 0.25) is 0 Å². The predicted molar refractivity (Wildman–Crippen MR) is 79.3 cm³/mol. The second-order valence-electron chi connectivity index (χ2n) is 6.30. The largest absolute Gasteiger partial charge is 0.320 e. The van der Waals surface area contributed by atoms with Gasteiger partial charge in [0, 0.05) is 13.1 Å². The van der Waals surface area contributed by atoms with Crippen molar-refractivity contribution in [2.24, 2.45) is 7.05 Å². The lowest BCUT2D eigenvalue weighted by molar-refractivity contribution is 0.354. The average molecular weight is 270 g/mol. The SMILES string of the molecule is Cn1cnnc1CNC1CCC(C)(C)c2ccccc21. The van der Waals surface area contributed by atoms with E-state index in [2.05, 4.69) is 53.6 Å². The summed E-state index contributed by atoms with van der Waals surface area (Å²) in [4.78, 5) is 0. The van der Waals surface area contributed by atoms with Gasteiger partial charge in [-0.3, -0.25) is 0 Å². The van der Waals surface area contributed by atoms with E-state index in [1.54, 1.807) is 6.33 Å². The normalized spacial score (nSPS) is 20.6. The van der Waals surface area contributed by atoms with E-state index in [9.17, 15) is 0 Å². The van der Waals surface area contributed by atoms with Crippen LogP contribution in [0.4, 0.5) is 0 Å². The fourth-order valence-corrected chi connectivity index (χ4v) is 3.11. The van der Waals surface area contributed by atoms with Crippen molar-refractivity contribution in [2.75, 3.05) is 0 Å². The van der Waals surface area contributed by atoms with E-state index in [1.165, 1.54) is 24.0 Å². The summed E-state index contributed by atoms with van der Waals surface area (Å²) in [7, 11) is 1.98. The summed E-state index contributed by atoms with van der Waals surface area (Å²) in [6.07, 6.45) is 4.12. The van der Waals surface area contributed by atoms with Gasteiger partial charge in [-0.1, -0.05) is 38.1 Å². The number of nitrogens with one attached hydrogen (secondary N) is 1. The van der Waals surface area contributed by atoms with Gasteiger partial charge in [0.05, 0.1) is 6.54 Å². The van der Waals surface area contributed by atoms with Gasteiger partial charge in [-0.05, 0) is 29.4 Å². The Hall–Kier alpha value is -1.68. The highest BCUT2D eigenvalue weighted by molar-refractivity contribution is 5.38. The van der Waals surface area contributed by atoms with Crippen molar-refractivity contribution in [1.82, 2.24) is 20.1 Å². The molecule has 106 valence electrons. The van der Waals surface area contributed by atoms with Gasteiger partial charge >= 0.3 is 0 Å². The van der Waals surface area contributed by atoms with E-state index >= 15 is 0 Å². The number of benzene rings is 1. The van der Waals surface area contributed by atoms with Gasteiger partial charge in [0.1, 0.15) is 12.2 Å². The number of nitrogens with zero attached hydrogens (tertiary/aromatic N) is 3. The molecular weight excluding hydrogens is 248 g/mol. The summed E-state index contributed by atoms with van der Waals surface area (Å²) in [6, 6.07) is 9.22. The summed E-state index contributed by atoms with van der Waals surface area (Å²) in [5, 5.41) is 11.7. The lowest BCUT2D eigenvalue weighted by Gasteiger charge is -2.37. The molecule has 4 nitrogen and oxygen atoms in total. The summed E-state index contributed by atoms with van der Waals surface area (Å²) < 4.78 is 1.96. The molecule has 0 aliphatic heterocycles. The Morgan fingerprint density at radius 2 is 2.15 bits per heavy atom. The lowest BCUT2D eigenvalue weighted by atomic mass is 9.71. The van der Waals surface area contributed by atoms with Crippen LogP contribution in [0.25, 0.3) is 0 Å². The van der Waals surface area contributed by atoms with Crippen molar-refractivity contribution >= 4 is 0 Å². The van der Waals surface area contributed by atoms with Crippen molar-refractivity contribution in [3.8, 4) is 0 Å². The minimum atomic E-state index is 0.277. The van der Waals surface area contributed by atoms with Crippen LogP contribution in [0.1, 0.15) is 49.7 Å². The Morgan fingerprint density at radius 3 is 2.90 bits per heavy atom. The highest BCUT2D eigenvalue weighted by Gasteiger charge is 2.31. The van der Waals surface area contributed by atoms with E-state index < -0.39 is 0 Å². The topological polar surface area (TPSA) is 42.7 Å². The molecule has 0 radical (unpaired) electrons. The van der Waals surface area contributed by atoms with Gasteiger partial charge in [0.15, 0.2) is 0 Å². The minimum Gasteiger partial charge on any atom is -0.320 e. The maximum atomic E-state index is 4.14. The Bertz CT molecular complexity index is 600. The smallest absolute Gasteiger partial charge is 0.146 e. The van der Waals surface area contributed by atoms with Crippen molar-refractivity contribution in [3.05, 3.63) is 47.5 Å². The van der Waals surface area contributed by atoms with Gasteiger partial charge in [-0.15, -0.1) is 10.2 Å². The van der Waals surface area contributed by atoms with Crippen LogP contribution in [0.15, 0.2) is 30.6 Å². The van der Waals surface area contributed by atoms with Crippen LogP contribution in [0, 0.1) is 0 Å². The summed E-state index contributed by atoms with van der Waals surface area (Å²) in [5.41, 5.74) is 3.19. The molecule has 20 heavy (non-hydrogen) atoms. The quantitative estimate of drug-likeness (QED) is 0.932. The zero-order valence-corrected chi connectivity index (χ0v) is 12.4. The molecule has 0 spiro atoms. The lowest BCUT2D eigenvalue weighted by Crippen LogP contribution is -2.32. The number of aryl methyl sites for hydroxylation is 1. The van der Waals surface area contributed by atoms with Crippen LogP contribution in [-0.2, 0) is 19.0 Å². The van der Waals surface area contributed by atoms with E-state index in [0.29, 0.717) is 6.04 Å². The molecule has 1 atom stereocenters. The second-order valence-corrected chi connectivity index (χ2v) is 6.30. The van der Waals surface area contributed by atoms with E-state index in [4.69, 9.17) is 0 Å². The maximum absolute atomic E-state index is 4.14. The number of hydrogen-bond acceptors (Lipinski definition) is 3. The molecule has 0 saturated carbocycles. The Labute approximate surface area is 120 Å². The fraction of sp³-hybridized carbons (Fsp3) is 0.500. The molecule has 3 rings (SSSR count). The third kappa shape index (κ3) is 2.36. The predicted octanol–water partition coefficient (Wildman–Crippen LogP) is 2.72. The molecule has 0 bridgehead atoms. The van der Waals surface area contributed by atoms with Crippen LogP contribution >= 0.6 is 0 Å². The molecule has 1 aliphatic carbocycles. The molecule has 0 amide bonds. The zero-order valence-electron chi connectivity index (χ0n) is 12.4. The van der Waals surface area contributed by atoms with E-state index in [1.807, 2.05) is 11.6 Å². The standard InChI is InChI=1S/C16H22N4/c1-16(2)9-8-14(12-6-4-5-7-13(12)16)17-10-15-19-18-11-20(15)3/h4-7,11,14,17H,8-10H2,1-3H3. The number of hydrogen-bond donors (Lipinski definition) is 1. The maximum Gasteiger partial charge on any atom is 0.146 e. The summed E-state index contributed by atoms with van der Waals surface area (Å²) in [6.45, 7) is 5.44. The van der Waals surface area contributed by atoms with Crippen LogP contribution < -0.4 is 5.32 Å². The highest BCUT2D eigenvalue weighted by Crippen LogP contribution is 2.41. The first-order valence-corrected chi connectivity index (χ1v) is 7.23. The number of rotatable bonds is 3. The summed E-state index contributed by atoms with van der Waals surface area (Å²) >= 11 is 0. The average Bonchev–Trinajstić information content (AvgIpc) is 2.84. The van der Waals surface area contributed by atoms with E-state index in [0.717, 1.165) is 12.4 Å². The third-order valence-electron chi connectivity index (χ3n) is 4.44. The fourth-order valence-electron chi connectivity index (χ4n) is 3.11. The van der Waals surface area contributed by atoms with Crippen molar-refractivity contribution < 1.29 is 0 Å². The third-order valence-corrected chi connectivity index (χ3v) is 4.44. The van der Waals surface area contributed by atoms with Gasteiger partial charge in [0.2, 0.25) is 0 Å². The molecule has 1 aromatic carbocycles. The van der Waals surface area contributed by atoms with Gasteiger partial charge in [-0.2, -0.15) is 0 Å². The molecule has 1 unspecified atom stereocenters. The minimum absolute atomic E-state index is 0.277. The van der Waals surface area contributed by atoms with Crippen molar-refractivity contribution in [3.63, 3.8) is 0 Å². The highest BCUT2D eigenvalue weighted by atomic mass is 15.3. The molecule has 1 N–H and O–H groups in total. The Balaban J connectivity index is 1.80. The van der Waals surface area contributed by atoms with Gasteiger partial charge < -0.3 is 9.88 Å². The molecule has 1 aromatic heterocycles. The molecule has 0 saturated heterocycles. The second kappa shape index (κ2) is 5.02. The van der Waals surface area contributed by atoms with Crippen molar-refractivity contribution in [1.29, 1.82) is 0 Å². The zero-order chi connectivity index (χ0) is 14.2. The van der Waals surface area contributed by atoms with Crippen LogP contribution in [0.3, 0.4) is 0 Å². The molecule has 2 aromatic rings. The van der Waals surface area contributed by atoms with E-state index in [-0.39, 0.29) is 5.41 Å². The van der Waals surface area contributed by atoms with Crippen LogP contribution in [-0.4, -0.2) is 14.8 Å². The Morgan fingerprint density at radius 1 is 1.35 bits per heavy atom. The molecule has 4 heteroatoms. The molecule has 1 heterocycles. The number of fused-ring (bicyclic) bond motifs is 1. The first kappa shape index (κ1) is 13.3. The summed E-state index contributed by atoms with van der Waals surface area (Å²) in [5.74, 6) is 0.979. The monoisotopic (exact) mass is 270 g/mol. The molecular formula is C16H22N4. The Kier molecular flexibility index (Phi) is 3.34. The van der Waals surface area contributed by atoms with Gasteiger partial charge in [-0.25, -0.2) is 0 Å². The van der Waals surface area contributed by atoms with Gasteiger partial charge in [0.25, 0.3) is 0 Å². The molecule has 0 fully saturated rings.